The highest BCUT2D eigenvalue weighted by molar-refractivity contribution is 7.99. The molecule has 8 nitrogen and oxygen atoms in total. The fourth-order valence-electron chi connectivity index (χ4n) is 1.46. The van der Waals surface area contributed by atoms with Gasteiger partial charge in [0.15, 0.2) is 0 Å². The summed E-state index contributed by atoms with van der Waals surface area (Å²) in [6.45, 7) is 1.89. The lowest BCUT2D eigenvalue weighted by atomic mass is 10.3. The highest BCUT2D eigenvalue weighted by Gasteiger charge is 2.11. The summed E-state index contributed by atoms with van der Waals surface area (Å²) in [5.74, 6) is 0.280. The molecule has 0 saturated heterocycles. The molecule has 0 aliphatic carbocycles. The van der Waals surface area contributed by atoms with Crippen LogP contribution in [-0.4, -0.2) is 26.8 Å². The summed E-state index contributed by atoms with van der Waals surface area (Å²) < 4.78 is 5.26. The van der Waals surface area contributed by atoms with Crippen LogP contribution in [0.5, 0.6) is 0 Å². The van der Waals surface area contributed by atoms with Gasteiger partial charge in [0.1, 0.15) is 0 Å². The van der Waals surface area contributed by atoms with Gasteiger partial charge >= 0.3 is 0 Å². The third-order valence-corrected chi connectivity index (χ3v) is 3.24. The first-order chi connectivity index (χ1) is 10.1. The van der Waals surface area contributed by atoms with E-state index in [2.05, 4.69) is 15.5 Å². The number of anilines is 1. The van der Waals surface area contributed by atoms with Crippen molar-refractivity contribution >= 4 is 29.0 Å². The molecular formula is C12H12N4O4S. The summed E-state index contributed by atoms with van der Waals surface area (Å²) in [5.41, 5.74) is 0.291. The van der Waals surface area contributed by atoms with E-state index in [4.69, 9.17) is 4.42 Å². The van der Waals surface area contributed by atoms with E-state index < -0.39 is 4.92 Å². The Morgan fingerprint density at radius 2 is 2.29 bits per heavy atom. The predicted molar refractivity (Wildman–Crippen MR) is 76.1 cm³/mol. The number of aromatic nitrogens is 2. The maximum absolute atomic E-state index is 11.8. The van der Waals surface area contributed by atoms with Gasteiger partial charge in [0.05, 0.1) is 10.7 Å². The largest absolute Gasteiger partial charge is 0.416 e. The number of nitrogens with zero attached hydrogens (tertiary/aromatic N) is 3. The normalized spacial score (nSPS) is 10.3. The maximum atomic E-state index is 11.8. The van der Waals surface area contributed by atoms with Gasteiger partial charge in [-0.25, -0.2) is 0 Å². The van der Waals surface area contributed by atoms with Crippen molar-refractivity contribution in [2.45, 2.75) is 18.6 Å². The molecule has 1 aromatic carbocycles. The summed E-state index contributed by atoms with van der Waals surface area (Å²) in [7, 11) is 0. The van der Waals surface area contributed by atoms with Crippen LogP contribution in [0.1, 0.15) is 12.8 Å². The number of nitro groups is 1. The Hall–Kier alpha value is -2.42. The summed E-state index contributed by atoms with van der Waals surface area (Å²) >= 11 is 1.11. The molecule has 2 rings (SSSR count). The molecule has 0 aliphatic rings. The van der Waals surface area contributed by atoms with Gasteiger partial charge in [-0.2, -0.15) is 0 Å². The topological polar surface area (TPSA) is 111 Å². The standard InChI is InChI=1S/C12H12N4O4S/c1-2-11-14-15-12(20-11)21-7-10(17)13-8-4-3-5-9(6-8)16(18)19/h3-6H,2,7H2,1H3,(H,13,17). The van der Waals surface area contributed by atoms with Crippen molar-refractivity contribution in [2.24, 2.45) is 0 Å². The molecule has 0 spiro atoms. The molecule has 0 bridgehead atoms. The van der Waals surface area contributed by atoms with Gasteiger partial charge in [-0.05, 0) is 6.07 Å². The predicted octanol–water partition coefficient (Wildman–Crippen LogP) is 2.27. The number of rotatable bonds is 6. The number of amides is 1. The Morgan fingerprint density at radius 3 is 2.95 bits per heavy atom. The zero-order valence-corrected chi connectivity index (χ0v) is 11.9. The number of hydrogen-bond donors (Lipinski definition) is 1. The Balaban J connectivity index is 1.89. The van der Waals surface area contributed by atoms with Crippen molar-refractivity contribution in [3.05, 3.63) is 40.3 Å². The maximum Gasteiger partial charge on any atom is 0.277 e. The van der Waals surface area contributed by atoms with Crippen molar-refractivity contribution in [3.8, 4) is 0 Å². The molecule has 0 radical (unpaired) electrons. The number of nitrogens with one attached hydrogen (secondary N) is 1. The van der Waals surface area contributed by atoms with Gasteiger partial charge in [0.25, 0.3) is 10.9 Å². The van der Waals surface area contributed by atoms with Crippen molar-refractivity contribution in [1.82, 2.24) is 10.2 Å². The minimum Gasteiger partial charge on any atom is -0.416 e. The molecule has 21 heavy (non-hydrogen) atoms. The Morgan fingerprint density at radius 1 is 1.48 bits per heavy atom. The zero-order chi connectivity index (χ0) is 15.2. The van der Waals surface area contributed by atoms with E-state index in [9.17, 15) is 14.9 Å². The second-order valence-corrected chi connectivity index (χ2v) is 4.89. The Bertz CT molecular complexity index is 658. The van der Waals surface area contributed by atoms with Crippen LogP contribution in [0, 0.1) is 10.1 Å². The number of hydrogen-bond acceptors (Lipinski definition) is 7. The quantitative estimate of drug-likeness (QED) is 0.495. The fraction of sp³-hybridized carbons (Fsp3) is 0.250. The molecule has 1 amide bonds. The number of thioether (sulfide) groups is 1. The third-order valence-electron chi connectivity index (χ3n) is 2.42. The summed E-state index contributed by atoms with van der Waals surface area (Å²) in [6.07, 6.45) is 0.632. The highest BCUT2D eigenvalue weighted by Crippen LogP contribution is 2.19. The number of benzene rings is 1. The SMILES string of the molecule is CCc1nnc(SCC(=O)Nc2cccc([N+](=O)[O-])c2)o1. The van der Waals surface area contributed by atoms with Gasteiger partial charge in [-0.1, -0.05) is 24.8 Å². The van der Waals surface area contributed by atoms with Crippen LogP contribution >= 0.6 is 11.8 Å². The first-order valence-electron chi connectivity index (χ1n) is 6.08. The molecule has 1 N–H and O–H groups in total. The minimum atomic E-state index is -0.519. The van der Waals surface area contributed by atoms with Crippen LogP contribution in [0.25, 0.3) is 0 Å². The Labute approximate surface area is 124 Å². The van der Waals surface area contributed by atoms with Gasteiger partial charge in [-0.15, -0.1) is 10.2 Å². The smallest absolute Gasteiger partial charge is 0.277 e. The van der Waals surface area contributed by atoms with Gasteiger partial charge in [-0.3, -0.25) is 14.9 Å². The number of carbonyl (C=O) groups is 1. The molecule has 1 heterocycles. The zero-order valence-electron chi connectivity index (χ0n) is 11.1. The number of nitro benzene ring substituents is 1. The van der Waals surface area contributed by atoms with Crippen LogP contribution in [0.15, 0.2) is 33.9 Å². The lowest BCUT2D eigenvalue weighted by Crippen LogP contribution is -2.14. The second kappa shape index (κ2) is 6.84. The van der Waals surface area contributed by atoms with E-state index in [1.807, 2.05) is 6.92 Å². The van der Waals surface area contributed by atoms with Crippen molar-refractivity contribution in [1.29, 1.82) is 0 Å². The van der Waals surface area contributed by atoms with Gasteiger partial charge < -0.3 is 9.73 Å². The van der Waals surface area contributed by atoms with Crippen LogP contribution in [0.3, 0.4) is 0 Å². The van der Waals surface area contributed by atoms with Crippen LogP contribution in [-0.2, 0) is 11.2 Å². The van der Waals surface area contributed by atoms with Crippen molar-refractivity contribution in [3.63, 3.8) is 0 Å². The van der Waals surface area contributed by atoms with E-state index in [0.717, 1.165) is 11.8 Å². The van der Waals surface area contributed by atoms with E-state index in [1.54, 1.807) is 6.07 Å². The molecule has 1 aromatic heterocycles. The summed E-state index contributed by atoms with van der Waals surface area (Å²) in [4.78, 5) is 21.9. The van der Waals surface area contributed by atoms with Crippen LogP contribution < -0.4 is 5.32 Å². The van der Waals surface area contributed by atoms with Crippen LogP contribution in [0.2, 0.25) is 0 Å². The minimum absolute atomic E-state index is 0.0774. The molecule has 0 unspecified atom stereocenters. The highest BCUT2D eigenvalue weighted by atomic mass is 32.2. The average Bonchev–Trinajstić information content (AvgIpc) is 2.93. The van der Waals surface area contributed by atoms with Crippen molar-refractivity contribution in [2.75, 3.05) is 11.1 Å². The van der Waals surface area contributed by atoms with Crippen LogP contribution in [0.4, 0.5) is 11.4 Å². The number of non-ortho nitro benzene ring substituents is 1. The first-order valence-corrected chi connectivity index (χ1v) is 7.06. The van der Waals surface area contributed by atoms with Crippen molar-refractivity contribution < 1.29 is 14.1 Å². The molecule has 0 aliphatic heterocycles. The van der Waals surface area contributed by atoms with E-state index in [1.165, 1.54) is 18.2 Å². The molecule has 0 saturated carbocycles. The second-order valence-electron chi connectivity index (χ2n) is 3.96. The summed E-state index contributed by atoms with van der Waals surface area (Å²) in [5, 5.41) is 21.1. The van der Waals surface area contributed by atoms with Gasteiger partial charge in [0.2, 0.25) is 11.8 Å². The average molecular weight is 308 g/mol. The first kappa shape index (κ1) is 15.0. The fourth-order valence-corrected chi connectivity index (χ4v) is 2.04. The molecule has 2 aromatic rings. The van der Waals surface area contributed by atoms with Gasteiger partial charge in [0, 0.05) is 24.2 Å². The Kier molecular flexibility index (Phi) is 4.88. The van der Waals surface area contributed by atoms with E-state index in [-0.39, 0.29) is 17.3 Å². The van der Waals surface area contributed by atoms with E-state index >= 15 is 0 Å². The molecule has 0 atom stereocenters. The monoisotopic (exact) mass is 308 g/mol. The summed E-state index contributed by atoms with van der Waals surface area (Å²) in [6, 6.07) is 5.74. The molecule has 0 fully saturated rings. The number of carbonyl (C=O) groups excluding carboxylic acids is 1. The lowest BCUT2D eigenvalue weighted by Gasteiger charge is -2.03. The lowest BCUT2D eigenvalue weighted by molar-refractivity contribution is -0.384. The number of aryl methyl sites for hydroxylation is 1. The molecular weight excluding hydrogens is 296 g/mol. The third kappa shape index (κ3) is 4.28. The van der Waals surface area contributed by atoms with E-state index in [0.29, 0.717) is 23.2 Å². The molecule has 110 valence electrons. The molecule has 9 heteroatoms.